The van der Waals surface area contributed by atoms with E-state index >= 15 is 0 Å². The van der Waals surface area contributed by atoms with Crippen LogP contribution in [0.5, 0.6) is 0 Å². The van der Waals surface area contributed by atoms with Gasteiger partial charge in [0.25, 0.3) is 10.0 Å². The number of aromatic amines is 1. The van der Waals surface area contributed by atoms with Gasteiger partial charge in [0.05, 0.1) is 22.0 Å². The smallest absolute Gasteiger partial charge is 0.262 e. The first-order chi connectivity index (χ1) is 9.31. The van der Waals surface area contributed by atoms with E-state index in [0.717, 1.165) is 5.56 Å². The second-order valence-electron chi connectivity index (χ2n) is 5.14. The fourth-order valence-electron chi connectivity index (χ4n) is 1.93. The predicted octanol–water partition coefficient (Wildman–Crippen LogP) is 2.95. The molecule has 0 spiro atoms. The molecule has 0 fully saturated rings. The van der Waals surface area contributed by atoms with Crippen LogP contribution in [0.4, 0.5) is 5.69 Å². The Morgan fingerprint density at radius 1 is 1.15 bits per heavy atom. The van der Waals surface area contributed by atoms with Gasteiger partial charge in [-0.25, -0.2) is 8.42 Å². The molecule has 0 amide bonds. The Morgan fingerprint density at radius 2 is 1.75 bits per heavy atom. The lowest BCUT2D eigenvalue weighted by Crippen LogP contribution is -2.14. The summed E-state index contributed by atoms with van der Waals surface area (Å²) in [5.74, 6) is 0.373. The molecule has 1 aromatic heterocycles. The van der Waals surface area contributed by atoms with Crippen LogP contribution in [-0.2, 0) is 10.0 Å². The molecule has 1 heterocycles. The van der Waals surface area contributed by atoms with Crippen molar-refractivity contribution in [2.45, 2.75) is 38.5 Å². The molecule has 6 heteroatoms. The van der Waals surface area contributed by atoms with E-state index in [9.17, 15) is 8.42 Å². The number of aryl methyl sites for hydroxylation is 2. The zero-order valence-electron chi connectivity index (χ0n) is 12.1. The van der Waals surface area contributed by atoms with E-state index in [1.54, 1.807) is 26.0 Å². The van der Waals surface area contributed by atoms with Gasteiger partial charge in [-0.15, -0.1) is 0 Å². The lowest BCUT2D eigenvalue weighted by atomic mass is 10.0. The molecule has 0 aliphatic rings. The van der Waals surface area contributed by atoms with Gasteiger partial charge in [0.2, 0.25) is 0 Å². The number of nitrogens with one attached hydrogen (secondary N) is 2. The van der Waals surface area contributed by atoms with Crippen molar-refractivity contribution in [3.05, 3.63) is 41.2 Å². The van der Waals surface area contributed by atoms with Crippen molar-refractivity contribution in [2.24, 2.45) is 0 Å². The van der Waals surface area contributed by atoms with Crippen LogP contribution >= 0.6 is 0 Å². The standard InChI is InChI=1S/C14H19N3O2S/c1-9(2)12-5-7-13(8-6-12)20(18,19)17-14-10(3)15-16-11(14)4/h5-9,17H,1-4H3,(H,15,16). The first kappa shape index (κ1) is 14.6. The van der Waals surface area contributed by atoms with Crippen LogP contribution in [-0.4, -0.2) is 18.6 Å². The maximum atomic E-state index is 12.3. The number of hydrogen-bond acceptors (Lipinski definition) is 3. The molecule has 1 aromatic carbocycles. The molecule has 20 heavy (non-hydrogen) atoms. The molecule has 0 aliphatic heterocycles. The topological polar surface area (TPSA) is 74.8 Å². The number of anilines is 1. The molecule has 108 valence electrons. The van der Waals surface area contributed by atoms with Crippen molar-refractivity contribution in [1.29, 1.82) is 0 Å². The van der Waals surface area contributed by atoms with Crippen molar-refractivity contribution in [3.8, 4) is 0 Å². The maximum absolute atomic E-state index is 12.3. The van der Waals surface area contributed by atoms with Gasteiger partial charge in [0, 0.05) is 0 Å². The summed E-state index contributed by atoms with van der Waals surface area (Å²) in [6.07, 6.45) is 0. The van der Waals surface area contributed by atoms with Gasteiger partial charge in [-0.3, -0.25) is 9.82 Å². The Morgan fingerprint density at radius 3 is 2.20 bits per heavy atom. The summed E-state index contributed by atoms with van der Waals surface area (Å²) in [4.78, 5) is 0.252. The average Bonchev–Trinajstić information content (AvgIpc) is 2.70. The summed E-state index contributed by atoms with van der Waals surface area (Å²) in [6.45, 7) is 7.67. The highest BCUT2D eigenvalue weighted by atomic mass is 32.2. The van der Waals surface area contributed by atoms with Crippen molar-refractivity contribution in [3.63, 3.8) is 0 Å². The van der Waals surface area contributed by atoms with E-state index in [4.69, 9.17) is 0 Å². The van der Waals surface area contributed by atoms with Gasteiger partial charge in [-0.05, 0) is 37.5 Å². The van der Waals surface area contributed by atoms with E-state index in [0.29, 0.717) is 23.0 Å². The van der Waals surface area contributed by atoms with Crippen LogP contribution in [0.1, 0.15) is 36.7 Å². The fraction of sp³-hybridized carbons (Fsp3) is 0.357. The van der Waals surface area contributed by atoms with Crippen molar-refractivity contribution in [1.82, 2.24) is 10.2 Å². The first-order valence-electron chi connectivity index (χ1n) is 6.45. The molecule has 0 radical (unpaired) electrons. The minimum Gasteiger partial charge on any atom is -0.280 e. The van der Waals surface area contributed by atoms with E-state index in [-0.39, 0.29) is 4.90 Å². The number of H-pyrrole nitrogens is 1. The highest BCUT2D eigenvalue weighted by Gasteiger charge is 2.18. The SMILES string of the molecule is Cc1n[nH]c(C)c1NS(=O)(=O)c1ccc(C(C)C)cc1. The Bertz CT molecular complexity index is 681. The summed E-state index contributed by atoms with van der Waals surface area (Å²) in [5.41, 5.74) is 2.95. The van der Waals surface area contributed by atoms with Crippen molar-refractivity contribution < 1.29 is 8.42 Å². The van der Waals surface area contributed by atoms with Gasteiger partial charge in [0.1, 0.15) is 0 Å². The molecular weight excluding hydrogens is 274 g/mol. The second kappa shape index (κ2) is 5.28. The molecule has 0 atom stereocenters. The molecule has 2 N–H and O–H groups in total. The molecule has 0 bridgehead atoms. The van der Waals surface area contributed by atoms with E-state index in [1.165, 1.54) is 0 Å². The molecule has 0 unspecified atom stereocenters. The van der Waals surface area contributed by atoms with Crippen LogP contribution < -0.4 is 4.72 Å². The van der Waals surface area contributed by atoms with Crippen molar-refractivity contribution >= 4 is 15.7 Å². The lowest BCUT2D eigenvalue weighted by Gasteiger charge is -2.10. The Labute approximate surface area is 119 Å². The third-order valence-electron chi connectivity index (χ3n) is 3.22. The minimum absolute atomic E-state index is 0.252. The molecule has 2 aromatic rings. The summed E-state index contributed by atoms with van der Waals surface area (Å²) in [6, 6.07) is 6.94. The maximum Gasteiger partial charge on any atom is 0.262 e. The molecule has 5 nitrogen and oxygen atoms in total. The molecule has 2 rings (SSSR count). The van der Waals surface area contributed by atoms with Crippen LogP contribution in [0.25, 0.3) is 0 Å². The lowest BCUT2D eigenvalue weighted by molar-refractivity contribution is 0.601. The average molecular weight is 293 g/mol. The fourth-order valence-corrected chi connectivity index (χ4v) is 3.11. The molecule has 0 saturated heterocycles. The van der Waals surface area contributed by atoms with Gasteiger partial charge in [0.15, 0.2) is 0 Å². The zero-order valence-corrected chi connectivity index (χ0v) is 12.9. The zero-order chi connectivity index (χ0) is 14.9. The highest BCUT2D eigenvalue weighted by Crippen LogP contribution is 2.22. The Balaban J connectivity index is 2.31. The van der Waals surface area contributed by atoms with Gasteiger partial charge < -0.3 is 0 Å². The normalized spacial score (nSPS) is 11.8. The van der Waals surface area contributed by atoms with Gasteiger partial charge >= 0.3 is 0 Å². The third kappa shape index (κ3) is 2.85. The number of aromatic nitrogens is 2. The monoisotopic (exact) mass is 293 g/mol. The van der Waals surface area contributed by atoms with Crippen molar-refractivity contribution in [2.75, 3.05) is 4.72 Å². The Hall–Kier alpha value is -1.82. The van der Waals surface area contributed by atoms with E-state index in [2.05, 4.69) is 28.8 Å². The second-order valence-corrected chi connectivity index (χ2v) is 6.82. The van der Waals surface area contributed by atoms with Gasteiger partial charge in [-0.2, -0.15) is 5.10 Å². The largest absolute Gasteiger partial charge is 0.280 e. The van der Waals surface area contributed by atoms with E-state index < -0.39 is 10.0 Å². The highest BCUT2D eigenvalue weighted by molar-refractivity contribution is 7.92. The number of hydrogen-bond donors (Lipinski definition) is 2. The predicted molar refractivity (Wildman–Crippen MR) is 79.4 cm³/mol. The summed E-state index contributed by atoms with van der Waals surface area (Å²) in [5, 5.41) is 6.74. The molecule has 0 aliphatic carbocycles. The van der Waals surface area contributed by atoms with Crippen LogP contribution in [0.15, 0.2) is 29.2 Å². The van der Waals surface area contributed by atoms with Crippen LogP contribution in [0.3, 0.4) is 0 Å². The Kier molecular flexibility index (Phi) is 3.85. The molecular formula is C14H19N3O2S. The quantitative estimate of drug-likeness (QED) is 0.910. The van der Waals surface area contributed by atoms with Gasteiger partial charge in [-0.1, -0.05) is 26.0 Å². The molecule has 0 saturated carbocycles. The number of sulfonamides is 1. The third-order valence-corrected chi connectivity index (χ3v) is 4.59. The van der Waals surface area contributed by atoms with Crippen LogP contribution in [0, 0.1) is 13.8 Å². The summed E-state index contributed by atoms with van der Waals surface area (Å²) in [7, 11) is -3.58. The van der Waals surface area contributed by atoms with E-state index in [1.807, 2.05) is 12.1 Å². The number of benzene rings is 1. The summed E-state index contributed by atoms with van der Waals surface area (Å²) < 4.78 is 27.2. The number of rotatable bonds is 4. The first-order valence-corrected chi connectivity index (χ1v) is 7.94. The summed E-state index contributed by atoms with van der Waals surface area (Å²) >= 11 is 0. The van der Waals surface area contributed by atoms with Crippen LogP contribution in [0.2, 0.25) is 0 Å². The minimum atomic E-state index is -3.58. The number of nitrogens with zero attached hydrogens (tertiary/aromatic N) is 1.